The van der Waals surface area contributed by atoms with Crippen LogP contribution in [0.5, 0.6) is 5.75 Å². The molecule has 1 amide bonds. The highest BCUT2D eigenvalue weighted by molar-refractivity contribution is 5.94. The lowest BCUT2D eigenvalue weighted by Crippen LogP contribution is -2.41. The SMILES string of the molecule is CC1CCCN(C(=O)COC(=O)c2ccccc2OCc2ccc(F)cc2)C1. The molecule has 0 radical (unpaired) electrons. The highest BCUT2D eigenvalue weighted by Crippen LogP contribution is 2.21. The van der Waals surface area contributed by atoms with Crippen molar-refractivity contribution in [3.63, 3.8) is 0 Å². The van der Waals surface area contributed by atoms with E-state index in [0.29, 0.717) is 24.8 Å². The van der Waals surface area contributed by atoms with E-state index in [1.165, 1.54) is 12.1 Å². The van der Waals surface area contributed by atoms with Gasteiger partial charge in [-0.05, 0) is 48.6 Å². The Bertz CT molecular complexity index is 822. The molecule has 1 fully saturated rings. The molecular weight excluding hydrogens is 361 g/mol. The minimum Gasteiger partial charge on any atom is -0.488 e. The van der Waals surface area contributed by atoms with Crippen molar-refractivity contribution < 1.29 is 23.5 Å². The largest absolute Gasteiger partial charge is 0.488 e. The van der Waals surface area contributed by atoms with Crippen LogP contribution in [-0.4, -0.2) is 36.5 Å². The zero-order valence-electron chi connectivity index (χ0n) is 15.9. The minimum absolute atomic E-state index is 0.176. The Hall–Kier alpha value is -2.89. The van der Waals surface area contributed by atoms with E-state index in [0.717, 1.165) is 18.4 Å². The van der Waals surface area contributed by atoms with Gasteiger partial charge in [0.1, 0.15) is 23.7 Å². The maximum Gasteiger partial charge on any atom is 0.342 e. The number of para-hydroxylation sites is 1. The first-order valence-corrected chi connectivity index (χ1v) is 9.44. The second-order valence-electron chi connectivity index (χ2n) is 7.07. The summed E-state index contributed by atoms with van der Waals surface area (Å²) in [7, 11) is 0. The summed E-state index contributed by atoms with van der Waals surface area (Å²) in [6, 6.07) is 12.7. The van der Waals surface area contributed by atoms with Crippen molar-refractivity contribution in [2.45, 2.75) is 26.4 Å². The second kappa shape index (κ2) is 9.35. The van der Waals surface area contributed by atoms with E-state index in [-0.39, 0.29) is 30.5 Å². The fraction of sp³-hybridized carbons (Fsp3) is 0.364. The highest BCUT2D eigenvalue weighted by Gasteiger charge is 2.22. The highest BCUT2D eigenvalue weighted by atomic mass is 19.1. The predicted octanol–water partition coefficient (Wildman–Crippen LogP) is 3.82. The number of benzene rings is 2. The number of carbonyl (C=O) groups is 2. The summed E-state index contributed by atoms with van der Waals surface area (Å²) in [6.45, 7) is 3.43. The predicted molar refractivity (Wildman–Crippen MR) is 102 cm³/mol. The Balaban J connectivity index is 1.57. The van der Waals surface area contributed by atoms with Crippen LogP contribution in [0.4, 0.5) is 4.39 Å². The molecule has 0 saturated carbocycles. The number of rotatable bonds is 6. The van der Waals surface area contributed by atoms with Gasteiger partial charge in [0.2, 0.25) is 0 Å². The normalized spacial score (nSPS) is 16.5. The van der Waals surface area contributed by atoms with Gasteiger partial charge in [0.25, 0.3) is 5.91 Å². The number of hydrogen-bond donors (Lipinski definition) is 0. The minimum atomic E-state index is -0.604. The second-order valence-corrected chi connectivity index (χ2v) is 7.07. The molecule has 0 aliphatic carbocycles. The molecule has 2 aromatic carbocycles. The molecule has 1 heterocycles. The summed E-state index contributed by atoms with van der Waals surface area (Å²) in [6.07, 6.45) is 2.09. The van der Waals surface area contributed by atoms with Crippen LogP contribution in [0.1, 0.15) is 35.7 Å². The van der Waals surface area contributed by atoms with Crippen molar-refractivity contribution in [1.82, 2.24) is 4.90 Å². The van der Waals surface area contributed by atoms with E-state index in [9.17, 15) is 14.0 Å². The third kappa shape index (κ3) is 5.31. The molecule has 1 atom stereocenters. The standard InChI is InChI=1S/C22H24FNO4/c1-16-5-4-12-24(13-16)21(25)15-28-22(26)19-6-2-3-7-20(19)27-14-17-8-10-18(23)11-9-17/h2-3,6-11,16H,4-5,12-15H2,1H3. The van der Waals surface area contributed by atoms with E-state index in [1.807, 2.05) is 0 Å². The lowest BCUT2D eigenvalue weighted by atomic mass is 10.0. The molecule has 1 unspecified atom stereocenters. The third-order valence-corrected chi connectivity index (χ3v) is 4.75. The number of piperidine rings is 1. The quantitative estimate of drug-likeness (QED) is 0.710. The molecule has 28 heavy (non-hydrogen) atoms. The van der Waals surface area contributed by atoms with Gasteiger partial charge in [-0.2, -0.15) is 0 Å². The zero-order valence-corrected chi connectivity index (χ0v) is 15.9. The van der Waals surface area contributed by atoms with Gasteiger partial charge in [0.05, 0.1) is 0 Å². The Labute approximate surface area is 164 Å². The molecule has 2 aromatic rings. The Morgan fingerprint density at radius 1 is 1.14 bits per heavy atom. The monoisotopic (exact) mass is 385 g/mol. The van der Waals surface area contributed by atoms with Gasteiger partial charge < -0.3 is 14.4 Å². The molecule has 148 valence electrons. The summed E-state index contributed by atoms with van der Waals surface area (Å²) < 4.78 is 23.9. The van der Waals surface area contributed by atoms with Crippen LogP contribution in [0.25, 0.3) is 0 Å². The molecule has 0 N–H and O–H groups in total. The number of halogens is 1. The lowest BCUT2D eigenvalue weighted by molar-refractivity contribution is -0.136. The summed E-state index contributed by atoms with van der Waals surface area (Å²) in [5.41, 5.74) is 1.03. The summed E-state index contributed by atoms with van der Waals surface area (Å²) in [5, 5.41) is 0. The van der Waals surface area contributed by atoms with Gasteiger partial charge in [0, 0.05) is 13.1 Å². The summed E-state index contributed by atoms with van der Waals surface area (Å²) in [5.74, 6) is -0.275. The maximum atomic E-state index is 13.0. The van der Waals surface area contributed by atoms with Crippen molar-refractivity contribution in [3.8, 4) is 5.75 Å². The Morgan fingerprint density at radius 3 is 2.64 bits per heavy atom. The molecule has 0 spiro atoms. The first-order chi connectivity index (χ1) is 13.5. The van der Waals surface area contributed by atoms with E-state index >= 15 is 0 Å². The van der Waals surface area contributed by atoms with Crippen LogP contribution in [0.2, 0.25) is 0 Å². The topological polar surface area (TPSA) is 55.8 Å². The Kier molecular flexibility index (Phi) is 6.63. The molecular formula is C22H24FNO4. The molecule has 1 saturated heterocycles. The van der Waals surface area contributed by atoms with Crippen molar-refractivity contribution >= 4 is 11.9 Å². The van der Waals surface area contributed by atoms with Crippen LogP contribution in [0.15, 0.2) is 48.5 Å². The van der Waals surface area contributed by atoms with Gasteiger partial charge in [-0.3, -0.25) is 4.79 Å². The average Bonchev–Trinajstić information content (AvgIpc) is 2.71. The molecule has 1 aliphatic heterocycles. The van der Waals surface area contributed by atoms with Gasteiger partial charge in [-0.1, -0.05) is 31.2 Å². The van der Waals surface area contributed by atoms with Crippen LogP contribution in [0.3, 0.4) is 0 Å². The fourth-order valence-electron chi connectivity index (χ4n) is 3.22. The first-order valence-electron chi connectivity index (χ1n) is 9.44. The van der Waals surface area contributed by atoms with Gasteiger partial charge >= 0.3 is 5.97 Å². The number of nitrogens with zero attached hydrogens (tertiary/aromatic N) is 1. The number of ether oxygens (including phenoxy) is 2. The molecule has 0 aromatic heterocycles. The van der Waals surface area contributed by atoms with Crippen molar-refractivity contribution in [2.24, 2.45) is 5.92 Å². The third-order valence-electron chi connectivity index (χ3n) is 4.75. The number of hydrogen-bond acceptors (Lipinski definition) is 4. The molecule has 0 bridgehead atoms. The summed E-state index contributed by atoms with van der Waals surface area (Å²) >= 11 is 0. The fourth-order valence-corrected chi connectivity index (χ4v) is 3.22. The van der Waals surface area contributed by atoms with Crippen LogP contribution < -0.4 is 4.74 Å². The maximum absolute atomic E-state index is 13.0. The van der Waals surface area contributed by atoms with Crippen molar-refractivity contribution in [3.05, 3.63) is 65.5 Å². The Morgan fingerprint density at radius 2 is 1.89 bits per heavy atom. The molecule has 5 nitrogen and oxygen atoms in total. The number of esters is 1. The average molecular weight is 385 g/mol. The van der Waals surface area contributed by atoms with E-state index in [1.54, 1.807) is 41.3 Å². The number of amides is 1. The number of carbonyl (C=O) groups excluding carboxylic acids is 2. The summed E-state index contributed by atoms with van der Waals surface area (Å²) in [4.78, 5) is 26.5. The van der Waals surface area contributed by atoms with Crippen LogP contribution in [0, 0.1) is 11.7 Å². The first kappa shape index (κ1) is 19.9. The lowest BCUT2D eigenvalue weighted by Gasteiger charge is -2.30. The molecule has 1 aliphatic rings. The van der Waals surface area contributed by atoms with E-state index in [4.69, 9.17) is 9.47 Å². The molecule has 3 rings (SSSR count). The zero-order chi connectivity index (χ0) is 19.9. The van der Waals surface area contributed by atoms with Crippen molar-refractivity contribution in [1.29, 1.82) is 0 Å². The van der Waals surface area contributed by atoms with E-state index < -0.39 is 5.97 Å². The van der Waals surface area contributed by atoms with Crippen LogP contribution >= 0.6 is 0 Å². The van der Waals surface area contributed by atoms with Gasteiger partial charge in [-0.15, -0.1) is 0 Å². The van der Waals surface area contributed by atoms with Gasteiger partial charge in [-0.25, -0.2) is 9.18 Å². The smallest absolute Gasteiger partial charge is 0.342 e. The van der Waals surface area contributed by atoms with Gasteiger partial charge in [0.15, 0.2) is 6.61 Å². The van der Waals surface area contributed by atoms with Crippen LogP contribution in [-0.2, 0) is 16.1 Å². The van der Waals surface area contributed by atoms with E-state index in [2.05, 4.69) is 6.92 Å². The number of likely N-dealkylation sites (tertiary alicyclic amines) is 1. The molecule has 6 heteroatoms. The van der Waals surface area contributed by atoms with Crippen molar-refractivity contribution in [2.75, 3.05) is 19.7 Å².